The fraction of sp³-hybridized carbons (Fsp3) is 0.261. The molecule has 0 bridgehead atoms. The quantitative estimate of drug-likeness (QED) is 0.562. The van der Waals surface area contributed by atoms with E-state index in [-0.39, 0.29) is 0 Å². The molecule has 0 N–H and O–H groups in total. The maximum atomic E-state index is 4.75. The maximum Gasteiger partial charge on any atom is 0.0707 e. The van der Waals surface area contributed by atoms with Crippen LogP contribution in [-0.4, -0.2) is 4.98 Å². The van der Waals surface area contributed by atoms with E-state index < -0.39 is 0 Å². The molecule has 0 aliphatic heterocycles. The Morgan fingerprint density at radius 3 is 2.08 bits per heavy atom. The summed E-state index contributed by atoms with van der Waals surface area (Å²) in [7, 11) is 0. The summed E-state index contributed by atoms with van der Waals surface area (Å²) in [6.45, 7) is 8.78. The van der Waals surface area contributed by atoms with Crippen molar-refractivity contribution in [1.29, 1.82) is 0 Å². The van der Waals surface area contributed by atoms with Crippen molar-refractivity contribution in [2.45, 2.75) is 40.5 Å². The van der Waals surface area contributed by atoms with E-state index in [1.807, 2.05) is 0 Å². The lowest BCUT2D eigenvalue weighted by atomic mass is 9.92. The van der Waals surface area contributed by atoms with E-state index in [1.54, 1.807) is 0 Å². The third-order valence-electron chi connectivity index (χ3n) is 4.78. The van der Waals surface area contributed by atoms with Crippen molar-refractivity contribution in [3.63, 3.8) is 0 Å². The molecule has 122 valence electrons. The molecule has 0 atom stereocenters. The van der Waals surface area contributed by atoms with Gasteiger partial charge in [0.05, 0.1) is 5.69 Å². The maximum absolute atomic E-state index is 4.75. The van der Waals surface area contributed by atoms with Crippen LogP contribution in [0, 0.1) is 13.8 Å². The molecule has 3 aromatic rings. The monoisotopic (exact) mass is 315 g/mol. The van der Waals surface area contributed by atoms with Gasteiger partial charge in [-0.25, -0.2) is 0 Å². The number of hydrogen-bond donors (Lipinski definition) is 0. The van der Waals surface area contributed by atoms with Crippen LogP contribution in [0.2, 0.25) is 0 Å². The van der Waals surface area contributed by atoms with Crippen LogP contribution in [0.25, 0.3) is 22.4 Å². The molecular weight excluding hydrogens is 290 g/mol. The summed E-state index contributed by atoms with van der Waals surface area (Å²) >= 11 is 0. The number of pyridine rings is 1. The normalized spacial score (nSPS) is 10.8. The van der Waals surface area contributed by atoms with Crippen LogP contribution in [0.1, 0.15) is 36.1 Å². The summed E-state index contributed by atoms with van der Waals surface area (Å²) in [6.07, 6.45) is 4.14. The van der Waals surface area contributed by atoms with E-state index in [0.29, 0.717) is 0 Å². The topological polar surface area (TPSA) is 12.9 Å². The zero-order valence-corrected chi connectivity index (χ0v) is 15.1. The van der Waals surface area contributed by atoms with Gasteiger partial charge in [-0.15, -0.1) is 0 Å². The van der Waals surface area contributed by atoms with Gasteiger partial charge in [-0.3, -0.25) is 4.98 Å². The summed E-state index contributed by atoms with van der Waals surface area (Å²) in [5, 5.41) is 0. The third kappa shape index (κ3) is 3.12. The van der Waals surface area contributed by atoms with Gasteiger partial charge in [0.25, 0.3) is 0 Å². The molecule has 0 aliphatic rings. The molecule has 1 heterocycles. The highest BCUT2D eigenvalue weighted by molar-refractivity contribution is 5.76. The highest BCUT2D eigenvalue weighted by Gasteiger charge is 2.11. The minimum atomic E-state index is 1.04. The molecule has 0 fully saturated rings. The first-order valence-corrected chi connectivity index (χ1v) is 8.78. The van der Waals surface area contributed by atoms with Crippen molar-refractivity contribution in [3.8, 4) is 22.4 Å². The van der Waals surface area contributed by atoms with Crippen molar-refractivity contribution >= 4 is 0 Å². The second-order valence-corrected chi connectivity index (χ2v) is 6.39. The Labute approximate surface area is 145 Å². The highest BCUT2D eigenvalue weighted by atomic mass is 14.7. The van der Waals surface area contributed by atoms with E-state index >= 15 is 0 Å². The molecular formula is C23H25N. The lowest BCUT2D eigenvalue weighted by Gasteiger charge is -2.14. The van der Waals surface area contributed by atoms with E-state index in [9.17, 15) is 0 Å². The lowest BCUT2D eigenvalue weighted by molar-refractivity contribution is 1.01. The number of benzene rings is 2. The van der Waals surface area contributed by atoms with Gasteiger partial charge in [0.2, 0.25) is 0 Å². The molecule has 0 saturated carbocycles. The number of nitrogens with zero attached hydrogens (tertiary/aromatic N) is 1. The van der Waals surface area contributed by atoms with Gasteiger partial charge < -0.3 is 0 Å². The molecule has 0 radical (unpaired) electrons. The molecule has 0 aliphatic carbocycles. The lowest BCUT2D eigenvalue weighted by Crippen LogP contribution is -1.97. The number of rotatable bonds is 4. The Balaban J connectivity index is 2.15. The molecule has 0 amide bonds. The number of hydrogen-bond acceptors (Lipinski definition) is 1. The van der Waals surface area contributed by atoms with Crippen LogP contribution in [0.15, 0.2) is 54.7 Å². The van der Waals surface area contributed by atoms with Crippen LogP contribution in [0.3, 0.4) is 0 Å². The molecule has 1 aromatic heterocycles. The van der Waals surface area contributed by atoms with Crippen LogP contribution in [0.4, 0.5) is 0 Å². The third-order valence-corrected chi connectivity index (χ3v) is 4.78. The first-order chi connectivity index (χ1) is 11.6. The van der Waals surface area contributed by atoms with Crippen molar-refractivity contribution in [2.24, 2.45) is 0 Å². The van der Waals surface area contributed by atoms with Crippen LogP contribution in [-0.2, 0) is 12.8 Å². The van der Waals surface area contributed by atoms with E-state index in [1.165, 1.54) is 38.9 Å². The molecule has 2 aromatic carbocycles. The molecule has 3 rings (SSSR count). The smallest absolute Gasteiger partial charge is 0.0707 e. The van der Waals surface area contributed by atoms with Crippen LogP contribution < -0.4 is 0 Å². The van der Waals surface area contributed by atoms with Crippen molar-refractivity contribution in [2.75, 3.05) is 0 Å². The average Bonchev–Trinajstić information content (AvgIpc) is 2.62. The van der Waals surface area contributed by atoms with Gasteiger partial charge in [-0.2, -0.15) is 0 Å². The Bertz CT molecular complexity index is 847. The summed E-state index contributed by atoms with van der Waals surface area (Å²) in [5.41, 5.74) is 10.2. The van der Waals surface area contributed by atoms with Crippen LogP contribution in [0.5, 0.6) is 0 Å². The van der Waals surface area contributed by atoms with Crippen molar-refractivity contribution < 1.29 is 0 Å². The number of aromatic nitrogens is 1. The van der Waals surface area contributed by atoms with Gasteiger partial charge >= 0.3 is 0 Å². The average molecular weight is 315 g/mol. The van der Waals surface area contributed by atoms with Gasteiger partial charge in [0.15, 0.2) is 0 Å². The van der Waals surface area contributed by atoms with Gasteiger partial charge in [-0.05, 0) is 72.2 Å². The first-order valence-electron chi connectivity index (χ1n) is 8.78. The summed E-state index contributed by atoms with van der Waals surface area (Å²) in [6, 6.07) is 17.4. The molecule has 0 unspecified atom stereocenters. The Morgan fingerprint density at radius 1 is 0.750 bits per heavy atom. The Morgan fingerprint density at radius 2 is 1.42 bits per heavy atom. The molecule has 1 nitrogen and oxygen atoms in total. The standard InChI is InChI=1S/C23H25N/c1-5-18-13-23(24-15-19(18)6-2)22-14-21(16(3)12-17(22)4)20-10-8-7-9-11-20/h7-15H,5-6H2,1-4H3. The number of aryl methyl sites for hydroxylation is 4. The van der Waals surface area contributed by atoms with Crippen molar-refractivity contribution in [1.82, 2.24) is 4.98 Å². The second-order valence-electron chi connectivity index (χ2n) is 6.39. The molecule has 0 saturated heterocycles. The summed E-state index contributed by atoms with van der Waals surface area (Å²) in [5.74, 6) is 0. The zero-order valence-electron chi connectivity index (χ0n) is 15.1. The minimum Gasteiger partial charge on any atom is -0.256 e. The zero-order chi connectivity index (χ0) is 17.1. The molecule has 1 heteroatoms. The fourth-order valence-corrected chi connectivity index (χ4v) is 3.38. The predicted molar refractivity (Wildman–Crippen MR) is 103 cm³/mol. The van der Waals surface area contributed by atoms with E-state index in [0.717, 1.165) is 18.5 Å². The first kappa shape index (κ1) is 16.4. The fourth-order valence-electron chi connectivity index (χ4n) is 3.38. The summed E-state index contributed by atoms with van der Waals surface area (Å²) in [4.78, 5) is 4.75. The largest absolute Gasteiger partial charge is 0.256 e. The highest BCUT2D eigenvalue weighted by Crippen LogP contribution is 2.32. The SMILES string of the molecule is CCc1cnc(-c2cc(-c3ccccc3)c(C)cc2C)cc1CC. The van der Waals surface area contributed by atoms with E-state index in [4.69, 9.17) is 4.98 Å². The Kier molecular flexibility index (Phi) is 4.80. The van der Waals surface area contributed by atoms with Gasteiger partial charge in [0, 0.05) is 11.8 Å². The minimum absolute atomic E-state index is 1.04. The van der Waals surface area contributed by atoms with E-state index in [2.05, 4.69) is 82.4 Å². The second kappa shape index (κ2) is 7.00. The summed E-state index contributed by atoms with van der Waals surface area (Å²) < 4.78 is 0. The Hall–Kier alpha value is -2.41. The molecule has 24 heavy (non-hydrogen) atoms. The predicted octanol–water partition coefficient (Wildman–Crippen LogP) is 6.16. The van der Waals surface area contributed by atoms with Crippen molar-refractivity contribution in [3.05, 3.63) is 77.0 Å². The van der Waals surface area contributed by atoms with Crippen LogP contribution >= 0.6 is 0 Å². The molecule has 0 spiro atoms. The van der Waals surface area contributed by atoms with Gasteiger partial charge in [0.1, 0.15) is 0 Å². The van der Waals surface area contributed by atoms with Gasteiger partial charge in [-0.1, -0.05) is 50.2 Å².